The summed E-state index contributed by atoms with van der Waals surface area (Å²) in [6.07, 6.45) is -0.261. The molecule has 1 aliphatic carbocycles. The molecule has 0 radical (unpaired) electrons. The number of anilines is 3. The summed E-state index contributed by atoms with van der Waals surface area (Å²) in [4.78, 5) is 7.57. The Morgan fingerprint density at radius 2 is 2.08 bits per heavy atom. The van der Waals surface area contributed by atoms with Crippen LogP contribution in [0.5, 0.6) is 0 Å². The van der Waals surface area contributed by atoms with Crippen LogP contribution >= 0.6 is 11.6 Å². The van der Waals surface area contributed by atoms with E-state index in [9.17, 15) is 13.2 Å². The van der Waals surface area contributed by atoms with E-state index >= 15 is 0 Å². The lowest BCUT2D eigenvalue weighted by molar-refractivity contribution is -0.137. The molecule has 3 rings (SSSR count). The van der Waals surface area contributed by atoms with Gasteiger partial charge in [0.2, 0.25) is 5.95 Å². The highest BCUT2D eigenvalue weighted by Gasteiger charge is 2.43. The normalized spacial score (nSPS) is 15.8. The number of ether oxygens (including phenoxy) is 1. The van der Waals surface area contributed by atoms with Crippen LogP contribution in [-0.2, 0) is 17.5 Å². The van der Waals surface area contributed by atoms with E-state index in [4.69, 9.17) is 16.3 Å². The van der Waals surface area contributed by atoms with E-state index in [1.165, 1.54) is 13.2 Å². The number of rotatable bonds is 7. The van der Waals surface area contributed by atoms with Gasteiger partial charge in [0.15, 0.2) is 5.15 Å². The van der Waals surface area contributed by atoms with Gasteiger partial charge < -0.3 is 15.4 Å². The molecule has 0 spiro atoms. The zero-order valence-electron chi connectivity index (χ0n) is 14.2. The van der Waals surface area contributed by atoms with Gasteiger partial charge in [0.25, 0.3) is 0 Å². The van der Waals surface area contributed by atoms with Gasteiger partial charge in [-0.3, -0.25) is 4.68 Å². The topological polar surface area (TPSA) is 76.9 Å². The van der Waals surface area contributed by atoms with E-state index in [2.05, 4.69) is 25.7 Å². The Hall–Kier alpha value is -2.07. The first-order valence-corrected chi connectivity index (χ1v) is 8.25. The molecule has 0 saturated heterocycles. The van der Waals surface area contributed by atoms with Crippen molar-refractivity contribution in [3.63, 3.8) is 0 Å². The Morgan fingerprint density at radius 3 is 2.65 bits per heavy atom. The molecular weight excluding hydrogens is 373 g/mol. The van der Waals surface area contributed by atoms with Crippen molar-refractivity contribution in [2.45, 2.75) is 25.6 Å². The van der Waals surface area contributed by atoms with Crippen molar-refractivity contribution in [1.82, 2.24) is 19.7 Å². The number of aromatic nitrogens is 4. The summed E-state index contributed by atoms with van der Waals surface area (Å²) in [5, 5.41) is 9.80. The lowest BCUT2D eigenvalue weighted by Gasteiger charge is -2.15. The van der Waals surface area contributed by atoms with Crippen LogP contribution in [0.1, 0.15) is 18.4 Å². The smallest absolute Gasteiger partial charge is 0.384 e. The monoisotopic (exact) mass is 390 g/mol. The highest BCUT2D eigenvalue weighted by atomic mass is 35.5. The first-order chi connectivity index (χ1) is 12.3. The van der Waals surface area contributed by atoms with Crippen LogP contribution < -0.4 is 10.6 Å². The first-order valence-electron chi connectivity index (χ1n) is 7.87. The van der Waals surface area contributed by atoms with Gasteiger partial charge in [0.1, 0.15) is 11.4 Å². The highest BCUT2D eigenvalue weighted by molar-refractivity contribution is 6.32. The van der Waals surface area contributed by atoms with Gasteiger partial charge in [-0.05, 0) is 12.8 Å². The molecule has 7 nitrogen and oxygen atoms in total. The molecule has 0 unspecified atom stereocenters. The molecule has 2 aromatic heterocycles. The third-order valence-corrected chi connectivity index (χ3v) is 4.64. The van der Waals surface area contributed by atoms with Crippen LogP contribution in [0.3, 0.4) is 0 Å². The molecule has 0 bridgehead atoms. The van der Waals surface area contributed by atoms with E-state index in [0.29, 0.717) is 24.0 Å². The van der Waals surface area contributed by atoms with Gasteiger partial charge >= 0.3 is 6.18 Å². The fourth-order valence-electron chi connectivity index (χ4n) is 2.67. The quantitative estimate of drug-likeness (QED) is 0.752. The molecular formula is C15H18ClF3N6O. The summed E-state index contributed by atoms with van der Waals surface area (Å²) in [7, 11) is 3.01. The number of methoxy groups -OCH3 is 1. The van der Waals surface area contributed by atoms with E-state index in [-0.39, 0.29) is 17.2 Å². The molecule has 11 heteroatoms. The van der Waals surface area contributed by atoms with Crippen LogP contribution in [0, 0.1) is 5.41 Å². The van der Waals surface area contributed by atoms with Gasteiger partial charge in [-0.1, -0.05) is 11.6 Å². The summed E-state index contributed by atoms with van der Waals surface area (Å²) in [6.45, 7) is 1.23. The summed E-state index contributed by atoms with van der Waals surface area (Å²) >= 11 is 6.33. The van der Waals surface area contributed by atoms with Crippen molar-refractivity contribution < 1.29 is 17.9 Å². The number of hydrogen-bond acceptors (Lipinski definition) is 6. The van der Waals surface area contributed by atoms with Crippen LogP contribution in [0.2, 0.25) is 5.15 Å². The average Bonchev–Trinajstić information content (AvgIpc) is 3.27. The fourth-order valence-corrected chi connectivity index (χ4v) is 2.87. The predicted molar refractivity (Wildman–Crippen MR) is 90.6 cm³/mol. The second kappa shape index (κ2) is 6.92. The Balaban J connectivity index is 1.78. The van der Waals surface area contributed by atoms with Gasteiger partial charge in [0, 0.05) is 25.8 Å². The minimum atomic E-state index is -4.54. The van der Waals surface area contributed by atoms with Crippen molar-refractivity contribution in [1.29, 1.82) is 0 Å². The van der Waals surface area contributed by atoms with Gasteiger partial charge in [0.05, 0.1) is 25.0 Å². The van der Waals surface area contributed by atoms with Crippen LogP contribution in [0.4, 0.5) is 30.6 Å². The largest absolute Gasteiger partial charge is 0.421 e. The van der Waals surface area contributed by atoms with Gasteiger partial charge in [-0.15, -0.1) is 0 Å². The number of nitrogens with zero attached hydrogens (tertiary/aromatic N) is 4. The van der Waals surface area contributed by atoms with E-state index in [0.717, 1.165) is 19.0 Å². The standard InChI is InChI=1S/C15H18ClF3N6O/c1-20-12-9(15(17,18)19)5-21-13(24-12)23-10-6-22-25(11(10)16)7-14(3-4-14)8-26-2/h5-6H,3-4,7-8H2,1-2H3,(H2,20,21,23,24). The summed E-state index contributed by atoms with van der Waals surface area (Å²) in [5.74, 6) is -0.336. The molecule has 26 heavy (non-hydrogen) atoms. The van der Waals surface area contributed by atoms with Crippen LogP contribution in [0.15, 0.2) is 12.4 Å². The summed E-state index contributed by atoms with van der Waals surface area (Å²) in [6, 6.07) is 0. The van der Waals surface area contributed by atoms with Crippen LogP contribution in [0.25, 0.3) is 0 Å². The van der Waals surface area contributed by atoms with Crippen molar-refractivity contribution >= 4 is 29.1 Å². The molecule has 1 saturated carbocycles. The molecule has 2 heterocycles. The minimum absolute atomic E-state index is 0.0122. The Labute approximate surface area is 152 Å². The Morgan fingerprint density at radius 1 is 1.35 bits per heavy atom. The van der Waals surface area contributed by atoms with Gasteiger partial charge in [-0.2, -0.15) is 23.3 Å². The molecule has 0 amide bonds. The molecule has 1 fully saturated rings. The van der Waals surface area contributed by atoms with Crippen molar-refractivity contribution in [2.75, 3.05) is 31.4 Å². The second-order valence-corrected chi connectivity index (χ2v) is 6.63. The predicted octanol–water partition coefficient (Wildman–Crippen LogP) is 3.56. The lowest BCUT2D eigenvalue weighted by Crippen LogP contribution is -2.18. The van der Waals surface area contributed by atoms with Gasteiger partial charge in [-0.25, -0.2) is 4.98 Å². The molecule has 142 valence electrons. The Bertz CT molecular complexity index is 790. The number of nitrogens with one attached hydrogen (secondary N) is 2. The van der Waals surface area contributed by atoms with Crippen molar-refractivity contribution in [3.8, 4) is 0 Å². The maximum atomic E-state index is 12.9. The molecule has 2 N–H and O–H groups in total. The number of alkyl halides is 3. The van der Waals surface area contributed by atoms with Crippen LogP contribution in [-0.4, -0.2) is 40.5 Å². The molecule has 2 aromatic rings. The summed E-state index contributed by atoms with van der Waals surface area (Å²) in [5.41, 5.74) is -0.476. The SMILES string of the molecule is CNc1nc(Nc2cnn(CC3(COC)CC3)c2Cl)ncc1C(F)(F)F. The first kappa shape index (κ1) is 18.7. The zero-order chi connectivity index (χ0) is 18.9. The highest BCUT2D eigenvalue weighted by Crippen LogP contribution is 2.47. The molecule has 0 atom stereocenters. The van der Waals surface area contributed by atoms with E-state index < -0.39 is 11.7 Å². The summed E-state index contributed by atoms with van der Waals surface area (Å²) < 4.78 is 45.6. The maximum Gasteiger partial charge on any atom is 0.421 e. The Kier molecular flexibility index (Phi) is 4.98. The third-order valence-electron chi connectivity index (χ3n) is 4.25. The molecule has 0 aliphatic heterocycles. The third kappa shape index (κ3) is 3.85. The molecule has 0 aromatic carbocycles. The number of halogens is 4. The van der Waals surface area contributed by atoms with E-state index in [1.807, 2.05) is 0 Å². The van der Waals surface area contributed by atoms with E-state index in [1.54, 1.807) is 11.8 Å². The second-order valence-electron chi connectivity index (χ2n) is 6.27. The fraction of sp³-hybridized carbons (Fsp3) is 0.533. The van der Waals surface area contributed by atoms with Crippen molar-refractivity contribution in [3.05, 3.63) is 23.1 Å². The minimum Gasteiger partial charge on any atom is -0.384 e. The maximum absolute atomic E-state index is 12.9. The zero-order valence-corrected chi connectivity index (χ0v) is 14.9. The number of hydrogen-bond donors (Lipinski definition) is 2. The molecule has 1 aliphatic rings. The van der Waals surface area contributed by atoms with Crippen molar-refractivity contribution in [2.24, 2.45) is 5.41 Å². The lowest BCUT2D eigenvalue weighted by atomic mass is 10.1. The average molecular weight is 391 g/mol.